The van der Waals surface area contributed by atoms with Crippen molar-refractivity contribution in [3.63, 3.8) is 0 Å². The maximum Gasteiger partial charge on any atom is 0.326 e. The van der Waals surface area contributed by atoms with E-state index in [1.54, 1.807) is 6.92 Å². The Morgan fingerprint density at radius 3 is 0.828 bits per heavy atom. The Morgan fingerprint density at radius 1 is 0.290 bits per heavy atom. The van der Waals surface area contributed by atoms with E-state index in [-0.39, 0.29) is 83.7 Å². The van der Waals surface area contributed by atoms with E-state index in [2.05, 4.69) is 62.3 Å². The first-order chi connectivity index (χ1) is 45.0. The summed E-state index contributed by atoms with van der Waals surface area (Å²) in [6.07, 6.45) is 25.7. The molecule has 12 heteroatoms. The highest BCUT2D eigenvalue weighted by Gasteiger charge is 2.89. The van der Waals surface area contributed by atoms with E-state index >= 15 is 47.9 Å². The molecule has 1 rings (SSSR count). The monoisotopic (exact) mass is 1300 g/mol. The second-order valence-electron chi connectivity index (χ2n) is 27.9. The number of unbranched alkanes of at least 4 members (excludes halogenated alkanes) is 36. The first-order valence-electron chi connectivity index (χ1n) is 39.5. The summed E-state index contributed by atoms with van der Waals surface area (Å²) in [5.74, 6) is -9.90. The van der Waals surface area contributed by atoms with E-state index in [0.29, 0.717) is 83.5 Å². The minimum Gasteiger partial charge on any atom is -0.465 e. The van der Waals surface area contributed by atoms with Crippen LogP contribution in [0.4, 0.5) is 0 Å². The number of nitrogens with zero attached hydrogens (tertiary/aromatic N) is 1. The fourth-order valence-corrected chi connectivity index (χ4v) is 15.1. The molecule has 0 saturated carbocycles. The van der Waals surface area contributed by atoms with Crippen molar-refractivity contribution in [1.29, 1.82) is 0 Å². The van der Waals surface area contributed by atoms with Crippen LogP contribution in [0.15, 0.2) is 11.6 Å². The standard InChI is InChI=1S/C81H141NO11/c1-11-21-30-39-48-57-68(83)67-66-78(77(92)93-20-10,69(84)58-49-40-31-22-12-2)81(74(89)63-54-45-36-27-17-7,82(75(90)64-55-46-37-28-18-8)76(91)65-56-47-38-29-19-9)80(72(87)61-52-43-34-25-15-5,73(88)62-53-44-35-26-16-6)79(67,70(85)59-50-41-32-23-13-3)71(86)60-51-42-33-24-14-4/h66H,11-65H2,1-10H3. The van der Waals surface area contributed by atoms with E-state index in [1.165, 1.54) is 0 Å². The number of carbonyl (C=O) groups excluding carboxylic acids is 10. The molecule has 93 heavy (non-hydrogen) atoms. The molecule has 12 nitrogen and oxygen atoms in total. The molecule has 0 aromatic rings. The van der Waals surface area contributed by atoms with Gasteiger partial charge in [-0.25, -0.2) is 0 Å². The van der Waals surface area contributed by atoms with Gasteiger partial charge in [0.25, 0.3) is 0 Å². The SMILES string of the molecule is CCCCCCCC(=O)C1=CC(C(=O)CCCCCCC)(C(=O)OCC)C(C(=O)CCCCCCC)(N(C(=O)CCCCCCC)C(=O)CCCCCCC)C(C(=O)CCCCCCC)(C(=O)CCCCCCC)C1(C(=O)CCCCCCC)C(=O)CCCCCCC. The third-order valence-corrected chi connectivity index (χ3v) is 20.2. The molecule has 0 N–H and O–H groups in total. The van der Waals surface area contributed by atoms with Gasteiger partial charge in [0.15, 0.2) is 51.4 Å². The molecule has 1 aliphatic carbocycles. The van der Waals surface area contributed by atoms with Crippen LogP contribution in [-0.4, -0.2) is 75.3 Å². The molecule has 0 spiro atoms. The second kappa shape index (κ2) is 52.2. The van der Waals surface area contributed by atoms with Gasteiger partial charge in [0.2, 0.25) is 11.8 Å². The Morgan fingerprint density at radius 2 is 0.538 bits per heavy atom. The number of Topliss-reactive ketones (excluding diaryl/α,β-unsaturated/α-hetero) is 7. The van der Waals surface area contributed by atoms with Crippen molar-refractivity contribution in [3.8, 4) is 0 Å². The minimum absolute atomic E-state index is 0.110. The number of esters is 1. The molecule has 0 bridgehead atoms. The highest BCUT2D eigenvalue weighted by atomic mass is 16.5. The minimum atomic E-state index is -3.53. The van der Waals surface area contributed by atoms with Crippen LogP contribution >= 0.6 is 0 Å². The molecule has 0 saturated heterocycles. The Bertz CT molecular complexity index is 2110. The Balaban J connectivity index is 6.07. The molecule has 0 radical (unpaired) electrons. The molecule has 0 fully saturated rings. The molecular formula is C81H141NO11. The lowest BCUT2D eigenvalue weighted by Crippen LogP contribution is -2.88. The Labute approximate surface area is 569 Å². The molecule has 0 aromatic heterocycles. The number of allylic oxidation sites excluding steroid dienone is 1. The van der Waals surface area contributed by atoms with Gasteiger partial charge in [0.05, 0.1) is 6.61 Å². The smallest absolute Gasteiger partial charge is 0.326 e. The predicted molar refractivity (Wildman–Crippen MR) is 382 cm³/mol. The zero-order valence-electron chi connectivity index (χ0n) is 61.9. The van der Waals surface area contributed by atoms with Crippen LogP contribution < -0.4 is 0 Å². The van der Waals surface area contributed by atoms with Crippen molar-refractivity contribution in [2.45, 2.75) is 422 Å². The van der Waals surface area contributed by atoms with Gasteiger partial charge in [-0.05, 0) is 70.8 Å². The van der Waals surface area contributed by atoms with Gasteiger partial charge in [-0.2, -0.15) is 0 Å². The topological polar surface area (TPSA) is 183 Å². The van der Waals surface area contributed by atoms with Gasteiger partial charge in [-0.1, -0.05) is 293 Å². The first kappa shape index (κ1) is 87.1. The Hall–Kier alpha value is -3.96. The maximum absolute atomic E-state index is 18.1. The van der Waals surface area contributed by atoms with Crippen LogP contribution in [0.25, 0.3) is 0 Å². The average Bonchev–Trinajstić information content (AvgIpc) is 0.638. The zero-order valence-corrected chi connectivity index (χ0v) is 61.9. The number of hydrogen-bond donors (Lipinski definition) is 0. The van der Waals surface area contributed by atoms with Crippen LogP contribution in [0.1, 0.15) is 416 Å². The highest BCUT2D eigenvalue weighted by Crippen LogP contribution is 2.69. The molecule has 0 heterocycles. The first-order valence-corrected chi connectivity index (χ1v) is 39.5. The van der Waals surface area contributed by atoms with Gasteiger partial charge in [0, 0.05) is 63.4 Å². The van der Waals surface area contributed by atoms with Crippen molar-refractivity contribution in [2.75, 3.05) is 6.61 Å². The molecular weight excluding hydrogens is 1160 g/mol. The molecule has 1 aliphatic rings. The number of imide groups is 1. The molecule has 0 aliphatic heterocycles. The van der Waals surface area contributed by atoms with Crippen molar-refractivity contribution in [2.24, 2.45) is 16.2 Å². The molecule has 536 valence electrons. The van der Waals surface area contributed by atoms with E-state index in [9.17, 15) is 0 Å². The quantitative estimate of drug-likeness (QED) is 0.0321. The van der Waals surface area contributed by atoms with E-state index < -0.39 is 124 Å². The third kappa shape index (κ3) is 25.4. The summed E-state index contributed by atoms with van der Waals surface area (Å²) >= 11 is 0. The van der Waals surface area contributed by atoms with Crippen LogP contribution in [0, 0.1) is 16.2 Å². The van der Waals surface area contributed by atoms with Crippen LogP contribution in [0.5, 0.6) is 0 Å². The summed E-state index contributed by atoms with van der Waals surface area (Å²) in [5.41, 5.74) is -14.0. The normalized spacial score (nSPS) is 16.6. The van der Waals surface area contributed by atoms with Crippen LogP contribution in [-0.2, 0) is 52.7 Å². The van der Waals surface area contributed by atoms with Crippen molar-refractivity contribution in [3.05, 3.63) is 11.6 Å². The lowest BCUT2D eigenvalue weighted by atomic mass is 9.34. The molecule has 2 amide bonds. The average molecular weight is 1310 g/mol. The number of carbonyl (C=O) groups is 10. The summed E-state index contributed by atoms with van der Waals surface area (Å²) in [4.78, 5) is 175. The summed E-state index contributed by atoms with van der Waals surface area (Å²) in [5, 5.41) is 0. The summed E-state index contributed by atoms with van der Waals surface area (Å²) in [6.45, 7) is 19.9. The number of rotatable bonds is 64. The van der Waals surface area contributed by atoms with E-state index in [1.807, 2.05) is 0 Å². The number of ether oxygens (including phenoxy) is 1. The maximum atomic E-state index is 18.1. The Kier molecular flexibility index (Phi) is 48.9. The lowest BCUT2D eigenvalue weighted by molar-refractivity contribution is -0.207. The van der Waals surface area contributed by atoms with Crippen molar-refractivity contribution < 1.29 is 52.7 Å². The number of amides is 2. The van der Waals surface area contributed by atoms with Gasteiger partial charge < -0.3 is 4.74 Å². The predicted octanol–water partition coefficient (Wildman–Crippen LogP) is 21.8. The zero-order chi connectivity index (χ0) is 69.2. The molecule has 0 aromatic carbocycles. The fraction of sp³-hybridized carbons (Fsp3) is 0.852. The summed E-state index contributed by atoms with van der Waals surface area (Å²) in [7, 11) is 0. The van der Waals surface area contributed by atoms with Gasteiger partial charge in [-0.15, -0.1) is 0 Å². The van der Waals surface area contributed by atoms with Gasteiger partial charge >= 0.3 is 5.97 Å². The largest absolute Gasteiger partial charge is 0.465 e. The van der Waals surface area contributed by atoms with Gasteiger partial charge in [0.1, 0.15) is 10.8 Å². The second-order valence-corrected chi connectivity index (χ2v) is 27.9. The van der Waals surface area contributed by atoms with E-state index in [4.69, 9.17) is 4.74 Å². The highest BCUT2D eigenvalue weighted by molar-refractivity contribution is 6.34. The number of hydrogen-bond acceptors (Lipinski definition) is 11. The lowest BCUT2D eigenvalue weighted by Gasteiger charge is -2.66. The van der Waals surface area contributed by atoms with Crippen LogP contribution in [0.3, 0.4) is 0 Å². The number of ketones is 7. The fourth-order valence-electron chi connectivity index (χ4n) is 15.1. The summed E-state index contributed by atoms with van der Waals surface area (Å²) in [6, 6.07) is 0. The van der Waals surface area contributed by atoms with E-state index in [0.717, 1.165) is 159 Å². The van der Waals surface area contributed by atoms with Crippen LogP contribution in [0.2, 0.25) is 0 Å². The van der Waals surface area contributed by atoms with Gasteiger partial charge in [-0.3, -0.25) is 52.8 Å². The molecule has 2 unspecified atom stereocenters. The van der Waals surface area contributed by atoms with Crippen molar-refractivity contribution >= 4 is 58.3 Å². The third-order valence-electron chi connectivity index (χ3n) is 20.2. The summed E-state index contributed by atoms with van der Waals surface area (Å²) < 4.78 is 6.32. The van der Waals surface area contributed by atoms with Crippen molar-refractivity contribution in [1.82, 2.24) is 4.90 Å². The molecule has 2 atom stereocenters.